The van der Waals surface area contributed by atoms with Crippen molar-refractivity contribution in [3.63, 3.8) is 0 Å². The zero-order valence-corrected chi connectivity index (χ0v) is 14.4. The van der Waals surface area contributed by atoms with Crippen LogP contribution in [0.4, 0.5) is 5.69 Å². The third kappa shape index (κ3) is 6.23. The van der Waals surface area contributed by atoms with Gasteiger partial charge in [-0.3, -0.25) is 14.9 Å². The predicted molar refractivity (Wildman–Crippen MR) is 98.8 cm³/mol. The first kappa shape index (κ1) is 18.4. The van der Waals surface area contributed by atoms with Gasteiger partial charge in [-0.2, -0.15) is 0 Å². The van der Waals surface area contributed by atoms with Crippen LogP contribution in [0.15, 0.2) is 48.5 Å². The van der Waals surface area contributed by atoms with E-state index in [2.05, 4.69) is 10.6 Å². The van der Waals surface area contributed by atoms with Crippen LogP contribution in [0.25, 0.3) is 0 Å². The van der Waals surface area contributed by atoms with Gasteiger partial charge in [0.25, 0.3) is 5.91 Å². The fraction of sp³-hybridized carbons (Fsp3) is 0.167. The van der Waals surface area contributed by atoms with Gasteiger partial charge in [-0.1, -0.05) is 30.3 Å². The van der Waals surface area contributed by atoms with E-state index >= 15 is 0 Å². The molecule has 0 unspecified atom stereocenters. The molecule has 0 radical (unpaired) electrons. The third-order valence-corrected chi connectivity index (χ3v) is 3.48. The molecule has 0 aromatic heterocycles. The van der Waals surface area contributed by atoms with Crippen molar-refractivity contribution < 1.29 is 19.4 Å². The molecular formula is C18H18N2O4S. The molecule has 130 valence electrons. The first-order chi connectivity index (χ1) is 11.9. The second-order valence-electron chi connectivity index (χ2n) is 5.32. The number of aliphatic carboxylic acids is 1. The zero-order chi connectivity index (χ0) is 18.2. The van der Waals surface area contributed by atoms with E-state index in [4.69, 9.17) is 22.1 Å². The lowest BCUT2D eigenvalue weighted by atomic mass is 10.1. The van der Waals surface area contributed by atoms with Crippen LogP contribution in [-0.4, -0.2) is 28.7 Å². The van der Waals surface area contributed by atoms with Crippen molar-refractivity contribution >= 4 is 34.9 Å². The van der Waals surface area contributed by atoms with Crippen molar-refractivity contribution in [2.45, 2.75) is 13.3 Å². The van der Waals surface area contributed by atoms with Gasteiger partial charge < -0.3 is 15.2 Å². The predicted octanol–water partition coefficient (Wildman–Crippen LogP) is 2.51. The van der Waals surface area contributed by atoms with E-state index in [1.165, 1.54) is 0 Å². The van der Waals surface area contributed by atoms with Gasteiger partial charge in [-0.25, -0.2) is 0 Å². The summed E-state index contributed by atoms with van der Waals surface area (Å²) in [5.74, 6) is -0.619. The Labute approximate surface area is 150 Å². The number of hydrogen-bond donors (Lipinski definition) is 3. The van der Waals surface area contributed by atoms with Crippen LogP contribution in [0, 0.1) is 6.92 Å². The monoisotopic (exact) mass is 358 g/mol. The summed E-state index contributed by atoms with van der Waals surface area (Å²) in [5.41, 5.74) is 2.27. The second kappa shape index (κ2) is 8.79. The highest BCUT2D eigenvalue weighted by molar-refractivity contribution is 7.80. The van der Waals surface area contributed by atoms with Gasteiger partial charge in [-0.05, 0) is 48.5 Å². The Hall–Kier alpha value is -2.93. The Morgan fingerprint density at radius 1 is 1.12 bits per heavy atom. The lowest BCUT2D eigenvalue weighted by Gasteiger charge is -2.11. The average Bonchev–Trinajstić information content (AvgIpc) is 2.55. The minimum absolute atomic E-state index is 0.0439. The quantitative estimate of drug-likeness (QED) is 0.688. The topological polar surface area (TPSA) is 87.7 Å². The SMILES string of the molecule is Cc1ccccc1OCC(=O)NC(=S)Nc1ccc(CC(=O)O)cc1. The molecule has 0 bridgehead atoms. The van der Waals surface area contributed by atoms with Crippen LogP contribution in [0.3, 0.4) is 0 Å². The molecule has 0 saturated carbocycles. The molecule has 2 aromatic carbocycles. The number of benzene rings is 2. The Balaban J connectivity index is 1.80. The summed E-state index contributed by atoms with van der Waals surface area (Å²) in [5, 5.41) is 14.3. The Bertz CT molecular complexity index is 775. The van der Waals surface area contributed by atoms with Gasteiger partial charge in [-0.15, -0.1) is 0 Å². The van der Waals surface area contributed by atoms with Gasteiger partial charge in [0.2, 0.25) is 0 Å². The molecule has 0 aliphatic rings. The molecular weight excluding hydrogens is 340 g/mol. The molecule has 0 heterocycles. The Morgan fingerprint density at radius 2 is 1.80 bits per heavy atom. The Kier molecular flexibility index (Phi) is 6.47. The maximum atomic E-state index is 11.9. The number of carbonyl (C=O) groups excluding carboxylic acids is 1. The van der Waals surface area contributed by atoms with Crippen LogP contribution >= 0.6 is 12.2 Å². The zero-order valence-electron chi connectivity index (χ0n) is 13.6. The molecule has 25 heavy (non-hydrogen) atoms. The fourth-order valence-corrected chi connectivity index (χ4v) is 2.30. The summed E-state index contributed by atoms with van der Waals surface area (Å²) in [6.07, 6.45) is -0.0439. The number of nitrogens with one attached hydrogen (secondary N) is 2. The molecule has 3 N–H and O–H groups in total. The lowest BCUT2D eigenvalue weighted by Crippen LogP contribution is -2.37. The van der Waals surface area contributed by atoms with Crippen LogP contribution in [-0.2, 0) is 16.0 Å². The lowest BCUT2D eigenvalue weighted by molar-refractivity contribution is -0.136. The molecule has 0 atom stereocenters. The molecule has 0 saturated heterocycles. The molecule has 0 spiro atoms. The minimum atomic E-state index is -0.892. The van der Waals surface area contributed by atoms with E-state index in [9.17, 15) is 9.59 Å². The smallest absolute Gasteiger partial charge is 0.307 e. The summed E-state index contributed by atoms with van der Waals surface area (Å²) in [6, 6.07) is 14.2. The number of thiocarbonyl (C=S) groups is 1. The third-order valence-electron chi connectivity index (χ3n) is 3.27. The molecule has 0 fully saturated rings. The number of rotatable bonds is 6. The van der Waals surface area contributed by atoms with Crippen LogP contribution in [0.5, 0.6) is 5.75 Å². The minimum Gasteiger partial charge on any atom is -0.483 e. The van der Waals surface area contributed by atoms with E-state index in [1.807, 2.05) is 25.1 Å². The molecule has 6 nitrogen and oxygen atoms in total. The molecule has 0 aliphatic heterocycles. The van der Waals surface area contributed by atoms with Gasteiger partial charge in [0.05, 0.1) is 6.42 Å². The summed E-state index contributed by atoms with van der Waals surface area (Å²) in [6.45, 7) is 1.75. The highest BCUT2D eigenvalue weighted by Crippen LogP contribution is 2.15. The van der Waals surface area contributed by atoms with E-state index in [0.29, 0.717) is 17.0 Å². The van der Waals surface area contributed by atoms with E-state index < -0.39 is 5.97 Å². The van der Waals surface area contributed by atoms with E-state index in [1.54, 1.807) is 30.3 Å². The molecule has 2 aromatic rings. The number of ether oxygens (including phenoxy) is 1. The van der Waals surface area contributed by atoms with Crippen molar-refractivity contribution in [1.29, 1.82) is 0 Å². The average molecular weight is 358 g/mol. The standard InChI is InChI=1S/C18H18N2O4S/c1-12-4-2-3-5-15(12)24-11-16(21)20-18(25)19-14-8-6-13(7-9-14)10-17(22)23/h2-9H,10-11H2,1H3,(H,22,23)(H2,19,20,21,25). The number of hydrogen-bond acceptors (Lipinski definition) is 4. The summed E-state index contributed by atoms with van der Waals surface area (Å²) in [4.78, 5) is 22.5. The highest BCUT2D eigenvalue weighted by Gasteiger charge is 2.07. The van der Waals surface area contributed by atoms with Crippen molar-refractivity contribution in [3.8, 4) is 5.75 Å². The number of amides is 1. The van der Waals surface area contributed by atoms with E-state index in [0.717, 1.165) is 5.56 Å². The summed E-state index contributed by atoms with van der Waals surface area (Å²) >= 11 is 5.08. The van der Waals surface area contributed by atoms with Crippen molar-refractivity contribution in [2.75, 3.05) is 11.9 Å². The molecule has 2 rings (SSSR count). The number of carbonyl (C=O) groups is 2. The van der Waals surface area contributed by atoms with Crippen LogP contribution < -0.4 is 15.4 Å². The van der Waals surface area contributed by atoms with Gasteiger partial charge in [0.15, 0.2) is 11.7 Å². The van der Waals surface area contributed by atoms with Crippen molar-refractivity contribution in [1.82, 2.24) is 5.32 Å². The maximum Gasteiger partial charge on any atom is 0.307 e. The summed E-state index contributed by atoms with van der Waals surface area (Å²) in [7, 11) is 0. The van der Waals surface area contributed by atoms with Gasteiger partial charge in [0, 0.05) is 5.69 Å². The first-order valence-electron chi connectivity index (χ1n) is 7.54. The van der Waals surface area contributed by atoms with Crippen LogP contribution in [0.1, 0.15) is 11.1 Å². The number of aryl methyl sites for hydroxylation is 1. The second-order valence-corrected chi connectivity index (χ2v) is 5.73. The first-order valence-corrected chi connectivity index (χ1v) is 7.95. The number of carboxylic acids is 1. The molecule has 1 amide bonds. The normalized spacial score (nSPS) is 9.96. The maximum absolute atomic E-state index is 11.9. The largest absolute Gasteiger partial charge is 0.483 e. The van der Waals surface area contributed by atoms with Crippen molar-refractivity contribution in [2.24, 2.45) is 0 Å². The number of carboxylic acid groups (broad SMARTS) is 1. The summed E-state index contributed by atoms with van der Waals surface area (Å²) < 4.78 is 5.45. The fourth-order valence-electron chi connectivity index (χ4n) is 2.07. The van der Waals surface area contributed by atoms with Gasteiger partial charge in [0.1, 0.15) is 5.75 Å². The van der Waals surface area contributed by atoms with Crippen molar-refractivity contribution in [3.05, 3.63) is 59.7 Å². The number of para-hydroxylation sites is 1. The Morgan fingerprint density at radius 3 is 2.44 bits per heavy atom. The van der Waals surface area contributed by atoms with Gasteiger partial charge >= 0.3 is 5.97 Å². The van der Waals surface area contributed by atoms with E-state index in [-0.39, 0.29) is 24.0 Å². The number of anilines is 1. The molecule has 0 aliphatic carbocycles. The van der Waals surface area contributed by atoms with Crippen LogP contribution in [0.2, 0.25) is 0 Å². The molecule has 7 heteroatoms. The highest BCUT2D eigenvalue weighted by atomic mass is 32.1.